The Morgan fingerprint density at radius 2 is 1.91 bits per heavy atom. The van der Waals surface area contributed by atoms with Crippen LogP contribution in [0.4, 0.5) is 4.39 Å². The van der Waals surface area contributed by atoms with E-state index in [1.165, 1.54) is 31.2 Å². The summed E-state index contributed by atoms with van der Waals surface area (Å²) >= 11 is 0. The number of fused-ring (bicyclic) bond motifs is 1. The molecular weight excluding hydrogens is 567 g/mol. The first-order chi connectivity index (χ1) is 20.9. The van der Waals surface area contributed by atoms with Gasteiger partial charge in [0.15, 0.2) is 0 Å². The van der Waals surface area contributed by atoms with Crippen LogP contribution in [-0.2, 0) is 15.8 Å². The fraction of sp³-hybridized carbons (Fsp3) is 0.333. The molecule has 4 N–H and O–H groups in total. The van der Waals surface area contributed by atoms with Crippen molar-refractivity contribution in [3.63, 3.8) is 0 Å². The summed E-state index contributed by atoms with van der Waals surface area (Å²) in [5, 5.41) is 18.5. The summed E-state index contributed by atoms with van der Waals surface area (Å²) in [6.07, 6.45) is 1.96. The number of pyridine rings is 1. The smallest absolute Gasteiger partial charge is 0.251 e. The van der Waals surface area contributed by atoms with E-state index in [9.17, 15) is 19.1 Å². The molecule has 2 aliphatic rings. The summed E-state index contributed by atoms with van der Waals surface area (Å²) in [6.45, 7) is 6.62. The number of nitrogens with two attached hydrogens (primary N) is 1. The third-order valence-electron chi connectivity index (χ3n) is 8.24. The van der Waals surface area contributed by atoms with Crippen LogP contribution in [0.25, 0.3) is 22.4 Å². The number of carbonyl (C=O) groups is 2. The molecular formula is C33H33FN4O6. The molecule has 0 bridgehead atoms. The summed E-state index contributed by atoms with van der Waals surface area (Å²) in [5.41, 5.74) is 7.06. The van der Waals surface area contributed by atoms with Crippen LogP contribution in [-0.4, -0.2) is 46.3 Å². The second-order valence-corrected chi connectivity index (χ2v) is 11.9. The maximum atomic E-state index is 13.7. The number of hydrogen-bond acceptors (Lipinski definition) is 8. The molecule has 1 fully saturated rings. The third kappa shape index (κ3) is 5.28. The molecule has 1 aliphatic heterocycles. The molecule has 2 amide bonds. The first-order valence-corrected chi connectivity index (χ1v) is 14.4. The fourth-order valence-electron chi connectivity index (χ4n) is 5.31. The Labute approximate surface area is 253 Å². The highest BCUT2D eigenvalue weighted by atomic mass is 19.1. The predicted octanol–water partition coefficient (Wildman–Crippen LogP) is 4.47. The highest BCUT2D eigenvalue weighted by Gasteiger charge is 2.45. The zero-order chi connectivity index (χ0) is 31.4. The number of primary amides is 1. The second-order valence-electron chi connectivity index (χ2n) is 11.9. The summed E-state index contributed by atoms with van der Waals surface area (Å²) in [4.78, 5) is 30.5. The topological polar surface area (TPSA) is 150 Å². The van der Waals surface area contributed by atoms with Crippen LogP contribution < -0.4 is 20.5 Å². The van der Waals surface area contributed by atoms with Crippen molar-refractivity contribution in [3.05, 3.63) is 82.6 Å². The number of carbonyl (C=O) groups excluding carboxylic acids is 2. The van der Waals surface area contributed by atoms with Crippen LogP contribution >= 0.6 is 0 Å². The maximum Gasteiger partial charge on any atom is 0.251 e. The van der Waals surface area contributed by atoms with E-state index in [0.29, 0.717) is 39.6 Å². The minimum Gasteiger partial charge on any atom is -0.490 e. The average molecular weight is 601 g/mol. The Morgan fingerprint density at radius 3 is 2.55 bits per heavy atom. The monoisotopic (exact) mass is 600 g/mol. The lowest BCUT2D eigenvalue weighted by Gasteiger charge is -2.26. The van der Waals surface area contributed by atoms with Crippen LogP contribution in [0.2, 0.25) is 0 Å². The molecule has 4 aromatic rings. The van der Waals surface area contributed by atoms with Gasteiger partial charge in [-0.05, 0) is 89.1 Å². The number of amides is 2. The minimum absolute atomic E-state index is 0.00887. The first kappa shape index (κ1) is 29.3. The second kappa shape index (κ2) is 10.7. The summed E-state index contributed by atoms with van der Waals surface area (Å²) < 4.78 is 31.1. The van der Waals surface area contributed by atoms with E-state index in [0.717, 1.165) is 29.7 Å². The van der Waals surface area contributed by atoms with Crippen molar-refractivity contribution < 1.29 is 33.1 Å². The van der Waals surface area contributed by atoms with Crippen LogP contribution in [0.3, 0.4) is 0 Å². The Hall–Kier alpha value is -4.77. The number of nitrogens with one attached hydrogen (secondary N) is 1. The molecule has 2 aromatic heterocycles. The molecule has 1 saturated carbocycles. The van der Waals surface area contributed by atoms with Gasteiger partial charge in [0.05, 0.1) is 29.6 Å². The van der Waals surface area contributed by atoms with Gasteiger partial charge < -0.3 is 30.2 Å². The quantitative estimate of drug-likeness (QED) is 0.255. The van der Waals surface area contributed by atoms with Gasteiger partial charge in [-0.1, -0.05) is 5.16 Å². The van der Waals surface area contributed by atoms with E-state index in [4.69, 9.17) is 19.7 Å². The van der Waals surface area contributed by atoms with Gasteiger partial charge in [0.25, 0.3) is 5.91 Å². The lowest BCUT2D eigenvalue weighted by molar-refractivity contribution is -0.123. The molecule has 2 atom stereocenters. The molecule has 3 heterocycles. The van der Waals surface area contributed by atoms with E-state index in [1.807, 2.05) is 13.8 Å². The largest absolute Gasteiger partial charge is 0.490 e. The Kier molecular flexibility index (Phi) is 7.16. The molecule has 44 heavy (non-hydrogen) atoms. The number of halogens is 1. The van der Waals surface area contributed by atoms with Crippen LogP contribution in [0.5, 0.6) is 11.5 Å². The van der Waals surface area contributed by atoms with Crippen molar-refractivity contribution in [3.8, 4) is 33.9 Å². The molecule has 228 valence electrons. The highest BCUT2D eigenvalue weighted by molar-refractivity contribution is 5.96. The Bertz CT molecular complexity index is 1760. The van der Waals surface area contributed by atoms with E-state index >= 15 is 0 Å². The maximum absolute atomic E-state index is 13.7. The third-order valence-corrected chi connectivity index (χ3v) is 8.24. The van der Waals surface area contributed by atoms with Crippen molar-refractivity contribution in [2.24, 2.45) is 5.73 Å². The standard InChI is InChI=1S/C33H33FN4O6/c1-17-27(18(2)44-38-17)23-12-7-20(13-25(23)43-22-10-11-22)30(39)36-15-33(4,41)26-14-24-29(42-16-32(24,3)31(35)40)28(37-26)19-5-8-21(34)9-6-19/h5-9,12-14,22,41H,10-11,15-16H2,1-4H3,(H2,35,40)(H,36,39)/t32-,33-/m0/s1. The summed E-state index contributed by atoms with van der Waals surface area (Å²) in [6, 6.07) is 12.4. The Morgan fingerprint density at radius 1 is 1.18 bits per heavy atom. The SMILES string of the molecule is Cc1noc(C)c1-c1ccc(C(=O)NC[C@](C)(O)c2cc3c(c(-c4ccc(F)cc4)n2)OC[C@]3(C)C(N)=O)cc1OC1CC1. The summed E-state index contributed by atoms with van der Waals surface area (Å²) in [7, 11) is 0. The number of hydrogen-bond donors (Lipinski definition) is 3. The lowest BCUT2D eigenvalue weighted by Crippen LogP contribution is -2.41. The molecule has 6 rings (SSSR count). The van der Waals surface area contributed by atoms with Gasteiger partial charge in [0.2, 0.25) is 5.91 Å². The van der Waals surface area contributed by atoms with Gasteiger partial charge in [0.1, 0.15) is 46.4 Å². The molecule has 11 heteroatoms. The average Bonchev–Trinajstić information content (AvgIpc) is 3.66. The van der Waals surface area contributed by atoms with Gasteiger partial charge in [-0.25, -0.2) is 9.37 Å². The number of nitrogens with zero attached hydrogens (tertiary/aromatic N) is 2. The summed E-state index contributed by atoms with van der Waals surface area (Å²) in [5.74, 6) is 0.0807. The minimum atomic E-state index is -1.68. The van der Waals surface area contributed by atoms with Crippen molar-refractivity contribution in [2.45, 2.75) is 57.7 Å². The highest BCUT2D eigenvalue weighted by Crippen LogP contribution is 2.45. The van der Waals surface area contributed by atoms with Crippen molar-refractivity contribution in [1.29, 1.82) is 0 Å². The van der Waals surface area contributed by atoms with Crippen LogP contribution in [0.15, 0.2) is 53.1 Å². The normalized spacial score (nSPS) is 18.7. The zero-order valence-corrected chi connectivity index (χ0v) is 24.9. The van der Waals surface area contributed by atoms with E-state index in [2.05, 4.69) is 15.5 Å². The predicted molar refractivity (Wildman–Crippen MR) is 159 cm³/mol. The molecule has 0 saturated heterocycles. The fourth-order valence-corrected chi connectivity index (χ4v) is 5.31. The number of benzene rings is 2. The van der Waals surface area contributed by atoms with Gasteiger partial charge in [-0.2, -0.15) is 0 Å². The van der Waals surface area contributed by atoms with E-state index < -0.39 is 28.6 Å². The van der Waals surface area contributed by atoms with E-state index in [-0.39, 0.29) is 24.9 Å². The van der Waals surface area contributed by atoms with Crippen molar-refractivity contribution >= 4 is 11.8 Å². The number of aryl methyl sites for hydroxylation is 2. The van der Waals surface area contributed by atoms with Gasteiger partial charge in [-0.15, -0.1) is 0 Å². The first-order valence-electron chi connectivity index (χ1n) is 14.4. The molecule has 0 radical (unpaired) electrons. The number of aliphatic hydroxyl groups is 1. The molecule has 1 aliphatic carbocycles. The van der Waals surface area contributed by atoms with Gasteiger partial charge in [0, 0.05) is 22.3 Å². The van der Waals surface area contributed by atoms with Crippen molar-refractivity contribution in [2.75, 3.05) is 13.2 Å². The van der Waals surface area contributed by atoms with Crippen LogP contribution in [0, 0.1) is 19.7 Å². The number of aromatic nitrogens is 2. The molecule has 0 spiro atoms. The molecule has 10 nitrogen and oxygen atoms in total. The van der Waals surface area contributed by atoms with E-state index in [1.54, 1.807) is 31.2 Å². The number of rotatable bonds is 9. The van der Waals surface area contributed by atoms with Crippen molar-refractivity contribution in [1.82, 2.24) is 15.5 Å². The zero-order valence-electron chi connectivity index (χ0n) is 24.9. The molecule has 0 unspecified atom stereocenters. The lowest BCUT2D eigenvalue weighted by atomic mass is 9.82. The van der Waals surface area contributed by atoms with Gasteiger partial charge >= 0.3 is 0 Å². The number of ether oxygens (including phenoxy) is 2. The van der Waals surface area contributed by atoms with Gasteiger partial charge in [-0.3, -0.25) is 9.59 Å². The Balaban J connectivity index is 1.30. The van der Waals surface area contributed by atoms with Crippen LogP contribution in [0.1, 0.15) is 59.8 Å². The molecule has 2 aromatic carbocycles.